The first-order chi connectivity index (χ1) is 15.0. The van der Waals surface area contributed by atoms with Crippen molar-refractivity contribution in [3.05, 3.63) is 89.6 Å². The van der Waals surface area contributed by atoms with E-state index in [1.165, 1.54) is 19.2 Å². The number of carbonyl (C=O) groups is 1. The van der Waals surface area contributed by atoms with E-state index >= 15 is 0 Å². The molecule has 0 amide bonds. The lowest BCUT2D eigenvalue weighted by molar-refractivity contribution is -0.111. The van der Waals surface area contributed by atoms with Crippen LogP contribution in [0, 0.1) is 0 Å². The number of carbonyl (C=O) groups excluding carboxylic acids is 1. The van der Waals surface area contributed by atoms with Crippen LogP contribution in [-0.4, -0.2) is 28.7 Å². The van der Waals surface area contributed by atoms with Gasteiger partial charge in [-0.25, -0.2) is 24.2 Å². The quantitative estimate of drug-likeness (QED) is 0.599. The molecule has 0 atom stereocenters. The standard InChI is InChI=1S/C23H19F2N5O/c1-15(31)20-14-27-30(29-20)23-19(22(24)25)12-18(13-26-23)28-21(16-8-4-2-5-9-16)17-10-6-3-7-11-17/h2-13,22,27H,14H2,1H3. The van der Waals surface area contributed by atoms with Crippen LogP contribution in [0.3, 0.4) is 0 Å². The minimum atomic E-state index is -2.80. The van der Waals surface area contributed by atoms with Crippen molar-refractivity contribution in [3.63, 3.8) is 0 Å². The summed E-state index contributed by atoms with van der Waals surface area (Å²) in [6.07, 6.45) is -1.39. The third kappa shape index (κ3) is 4.54. The molecule has 3 aromatic rings. The summed E-state index contributed by atoms with van der Waals surface area (Å²) in [6, 6.07) is 20.3. The van der Waals surface area contributed by atoms with Crippen LogP contribution in [0.1, 0.15) is 30.0 Å². The number of hydrogen-bond donors (Lipinski definition) is 1. The summed E-state index contributed by atoms with van der Waals surface area (Å²) in [5.41, 5.74) is 5.35. The van der Waals surface area contributed by atoms with Gasteiger partial charge in [0.15, 0.2) is 11.6 Å². The predicted molar refractivity (Wildman–Crippen MR) is 116 cm³/mol. The van der Waals surface area contributed by atoms with Crippen LogP contribution >= 0.6 is 0 Å². The van der Waals surface area contributed by atoms with E-state index in [4.69, 9.17) is 0 Å². The maximum Gasteiger partial charge on any atom is 0.267 e. The van der Waals surface area contributed by atoms with Gasteiger partial charge in [0, 0.05) is 18.1 Å². The number of ketones is 1. The highest BCUT2D eigenvalue weighted by Crippen LogP contribution is 2.32. The summed E-state index contributed by atoms with van der Waals surface area (Å²) >= 11 is 0. The van der Waals surface area contributed by atoms with Crippen molar-refractivity contribution in [1.29, 1.82) is 0 Å². The number of hydrogen-bond acceptors (Lipinski definition) is 6. The van der Waals surface area contributed by atoms with Crippen LogP contribution in [0.5, 0.6) is 0 Å². The number of Topliss-reactive ketones (excluding diaryl/α,β-unsaturated/α-hetero) is 1. The van der Waals surface area contributed by atoms with Gasteiger partial charge in [-0.1, -0.05) is 60.7 Å². The minimum Gasteiger partial charge on any atom is -0.293 e. The molecule has 1 aromatic heterocycles. The van der Waals surface area contributed by atoms with E-state index in [0.29, 0.717) is 5.71 Å². The second kappa shape index (κ2) is 8.93. The number of aliphatic imine (C=N–C) groups is 1. The fourth-order valence-electron chi connectivity index (χ4n) is 3.14. The van der Waals surface area contributed by atoms with Gasteiger partial charge >= 0.3 is 0 Å². The molecular weight excluding hydrogens is 400 g/mol. The summed E-state index contributed by atoms with van der Waals surface area (Å²) in [5.74, 6) is -0.295. The monoisotopic (exact) mass is 419 g/mol. The van der Waals surface area contributed by atoms with Gasteiger partial charge in [-0.15, -0.1) is 0 Å². The van der Waals surface area contributed by atoms with Crippen LogP contribution in [-0.2, 0) is 4.79 Å². The van der Waals surface area contributed by atoms with Crippen molar-refractivity contribution in [2.75, 3.05) is 11.7 Å². The normalized spacial score (nSPS) is 13.3. The predicted octanol–water partition coefficient (Wildman–Crippen LogP) is 4.46. The van der Waals surface area contributed by atoms with Crippen molar-refractivity contribution in [2.45, 2.75) is 13.3 Å². The molecule has 1 N–H and O–H groups in total. The van der Waals surface area contributed by atoms with Crippen LogP contribution in [0.15, 0.2) is 83.0 Å². The molecule has 31 heavy (non-hydrogen) atoms. The molecule has 2 heterocycles. The smallest absolute Gasteiger partial charge is 0.267 e. The zero-order valence-electron chi connectivity index (χ0n) is 16.7. The lowest BCUT2D eigenvalue weighted by atomic mass is 10.0. The van der Waals surface area contributed by atoms with E-state index in [9.17, 15) is 13.6 Å². The Labute approximate surface area is 177 Å². The van der Waals surface area contributed by atoms with Crippen molar-refractivity contribution in [3.8, 4) is 0 Å². The Bertz CT molecular complexity index is 1110. The molecule has 0 bridgehead atoms. The zero-order chi connectivity index (χ0) is 21.8. The van der Waals surface area contributed by atoms with Crippen LogP contribution in [0.25, 0.3) is 0 Å². The Hall–Kier alpha value is -3.78. The first-order valence-electron chi connectivity index (χ1n) is 9.62. The highest BCUT2D eigenvalue weighted by molar-refractivity contribution is 6.40. The SMILES string of the molecule is CC(=O)C1=NN(c2ncc(N=C(c3ccccc3)c3ccccc3)cc2C(F)F)NC1. The van der Waals surface area contributed by atoms with Gasteiger partial charge in [0.2, 0.25) is 0 Å². The van der Waals surface area contributed by atoms with Gasteiger partial charge < -0.3 is 0 Å². The Kier molecular flexibility index (Phi) is 5.90. The third-order valence-electron chi connectivity index (χ3n) is 4.68. The largest absolute Gasteiger partial charge is 0.293 e. The summed E-state index contributed by atoms with van der Waals surface area (Å²) in [7, 11) is 0. The number of nitrogens with zero attached hydrogens (tertiary/aromatic N) is 4. The highest BCUT2D eigenvalue weighted by atomic mass is 19.3. The van der Waals surface area contributed by atoms with E-state index in [1.54, 1.807) is 0 Å². The molecule has 6 nitrogen and oxygen atoms in total. The highest BCUT2D eigenvalue weighted by Gasteiger charge is 2.25. The number of rotatable bonds is 6. The first kappa shape index (κ1) is 20.5. The van der Waals surface area contributed by atoms with Gasteiger partial charge in [0.25, 0.3) is 6.43 Å². The first-order valence-corrected chi connectivity index (χ1v) is 9.62. The maximum absolute atomic E-state index is 13.8. The third-order valence-corrected chi connectivity index (χ3v) is 4.68. The lowest BCUT2D eigenvalue weighted by Crippen LogP contribution is -2.31. The zero-order valence-corrected chi connectivity index (χ0v) is 16.7. The topological polar surface area (TPSA) is 70.0 Å². The number of hydrazine groups is 1. The number of halogens is 2. The van der Waals surface area contributed by atoms with Crippen molar-refractivity contribution in [2.24, 2.45) is 10.1 Å². The molecule has 0 aliphatic carbocycles. The van der Waals surface area contributed by atoms with Crippen LogP contribution in [0.2, 0.25) is 0 Å². The molecule has 0 unspecified atom stereocenters. The van der Waals surface area contributed by atoms with Gasteiger partial charge in [-0.05, 0) is 6.07 Å². The Morgan fingerprint density at radius 3 is 2.19 bits per heavy atom. The van der Waals surface area contributed by atoms with Crippen molar-refractivity contribution < 1.29 is 13.6 Å². The van der Waals surface area contributed by atoms with Gasteiger partial charge in [0.1, 0.15) is 5.71 Å². The number of hydrazone groups is 1. The molecule has 0 saturated heterocycles. The van der Waals surface area contributed by atoms with Gasteiger partial charge in [-0.2, -0.15) is 10.2 Å². The molecule has 0 fully saturated rings. The lowest BCUT2D eigenvalue weighted by Gasteiger charge is -2.17. The summed E-state index contributed by atoms with van der Waals surface area (Å²) in [6.45, 7) is 1.53. The van der Waals surface area contributed by atoms with E-state index in [0.717, 1.165) is 16.2 Å². The molecule has 156 valence electrons. The molecular formula is C23H19F2N5O. The average Bonchev–Trinajstić information content (AvgIpc) is 3.29. The van der Waals surface area contributed by atoms with Gasteiger partial charge in [0.05, 0.1) is 29.7 Å². The molecule has 1 aliphatic heterocycles. The fraction of sp³-hybridized carbons (Fsp3) is 0.130. The van der Waals surface area contributed by atoms with E-state index < -0.39 is 6.43 Å². The number of nitrogens with one attached hydrogen (secondary N) is 1. The Balaban J connectivity index is 1.77. The fourth-order valence-corrected chi connectivity index (χ4v) is 3.14. The number of anilines is 1. The van der Waals surface area contributed by atoms with Crippen molar-refractivity contribution >= 4 is 28.7 Å². The number of alkyl halides is 2. The molecule has 2 aromatic carbocycles. The molecule has 0 radical (unpaired) electrons. The summed E-state index contributed by atoms with van der Waals surface area (Å²) < 4.78 is 27.7. The van der Waals surface area contributed by atoms with E-state index in [1.807, 2.05) is 60.7 Å². The number of aromatic nitrogens is 1. The molecule has 4 rings (SSSR count). The summed E-state index contributed by atoms with van der Waals surface area (Å²) in [5, 5.41) is 5.16. The number of benzene rings is 2. The van der Waals surface area contributed by atoms with E-state index in [2.05, 4.69) is 20.5 Å². The van der Waals surface area contributed by atoms with Crippen molar-refractivity contribution in [1.82, 2.24) is 10.4 Å². The molecule has 0 saturated carbocycles. The Morgan fingerprint density at radius 2 is 1.68 bits per heavy atom. The van der Waals surface area contributed by atoms with E-state index in [-0.39, 0.29) is 35.1 Å². The second-order valence-corrected chi connectivity index (χ2v) is 6.85. The van der Waals surface area contributed by atoms with Crippen LogP contribution < -0.4 is 10.5 Å². The molecule has 8 heteroatoms. The maximum atomic E-state index is 13.8. The molecule has 1 aliphatic rings. The van der Waals surface area contributed by atoms with Crippen LogP contribution in [0.4, 0.5) is 20.3 Å². The molecule has 0 spiro atoms. The van der Waals surface area contributed by atoms with Gasteiger partial charge in [-0.3, -0.25) is 4.79 Å². The second-order valence-electron chi connectivity index (χ2n) is 6.85. The Morgan fingerprint density at radius 1 is 1.06 bits per heavy atom. The summed E-state index contributed by atoms with van der Waals surface area (Å²) in [4.78, 5) is 20.3. The number of pyridine rings is 1. The minimum absolute atomic E-state index is 0.0637. The average molecular weight is 419 g/mol.